The third-order valence-corrected chi connectivity index (χ3v) is 9.41. The van der Waals surface area contributed by atoms with Crippen LogP contribution in [0.15, 0.2) is 65.6 Å². The monoisotopic (exact) mass is 569 g/mol. The predicted molar refractivity (Wildman–Crippen MR) is 149 cm³/mol. The first-order valence-electron chi connectivity index (χ1n) is 13.0. The van der Waals surface area contributed by atoms with E-state index in [0.29, 0.717) is 11.3 Å². The normalized spacial score (nSPS) is 21.7. The molecule has 0 unspecified atom stereocenters. The van der Waals surface area contributed by atoms with Crippen molar-refractivity contribution in [2.45, 2.75) is 69.8 Å². The van der Waals surface area contributed by atoms with Gasteiger partial charge in [0.1, 0.15) is 23.7 Å². The van der Waals surface area contributed by atoms with Crippen molar-refractivity contribution in [1.29, 1.82) is 0 Å². The molecular weight excluding hydrogens is 538 g/mol. The average Bonchev–Trinajstić information content (AvgIpc) is 2.88. The molecule has 0 aliphatic carbocycles. The molecule has 1 amide bonds. The van der Waals surface area contributed by atoms with Gasteiger partial charge in [0, 0.05) is 16.5 Å². The van der Waals surface area contributed by atoms with Crippen molar-refractivity contribution in [3.63, 3.8) is 0 Å². The number of carbonyl (C=O) groups excluding carboxylic acids is 1. The zero-order valence-corrected chi connectivity index (χ0v) is 23.9. The van der Waals surface area contributed by atoms with Crippen LogP contribution in [0.2, 0.25) is 5.02 Å². The van der Waals surface area contributed by atoms with Crippen molar-refractivity contribution < 1.29 is 27.4 Å². The van der Waals surface area contributed by atoms with Crippen LogP contribution in [0, 0.1) is 12.8 Å². The minimum Gasteiger partial charge on any atom is -0.488 e. The van der Waals surface area contributed by atoms with E-state index in [1.807, 2.05) is 44.2 Å². The van der Waals surface area contributed by atoms with Crippen molar-refractivity contribution in [3.8, 4) is 11.5 Å². The van der Waals surface area contributed by atoms with E-state index in [2.05, 4.69) is 11.6 Å². The van der Waals surface area contributed by atoms with Gasteiger partial charge in [-0.2, -0.15) is 0 Å². The van der Waals surface area contributed by atoms with Gasteiger partial charge in [0.25, 0.3) is 15.9 Å². The van der Waals surface area contributed by atoms with Gasteiger partial charge in [-0.1, -0.05) is 48.0 Å². The number of sulfonamides is 1. The average molecular weight is 570 g/mol. The number of nitrogens with one attached hydrogen (secondary N) is 1. The zero-order chi connectivity index (χ0) is 27.9. The van der Waals surface area contributed by atoms with Gasteiger partial charge in [0.15, 0.2) is 0 Å². The lowest BCUT2D eigenvalue weighted by Crippen LogP contribution is -2.48. The largest absolute Gasteiger partial charge is 0.488 e. The van der Waals surface area contributed by atoms with Gasteiger partial charge in [0.2, 0.25) is 0 Å². The number of hydrogen-bond donors (Lipinski definition) is 1. The lowest BCUT2D eigenvalue weighted by Gasteiger charge is -2.48. The Labute approximate surface area is 234 Å². The van der Waals surface area contributed by atoms with Gasteiger partial charge in [-0.05, 0) is 75.9 Å². The van der Waals surface area contributed by atoms with Gasteiger partial charge in [-0.3, -0.25) is 4.79 Å². The molecule has 3 aromatic carbocycles. The van der Waals surface area contributed by atoms with Crippen LogP contribution >= 0.6 is 11.6 Å². The summed E-state index contributed by atoms with van der Waals surface area (Å²) in [6.07, 6.45) is 1.72. The fourth-order valence-electron chi connectivity index (χ4n) is 5.37. The zero-order valence-electron chi connectivity index (χ0n) is 22.4. The summed E-state index contributed by atoms with van der Waals surface area (Å²) < 4.78 is 47.6. The Kier molecular flexibility index (Phi) is 7.39. The van der Waals surface area contributed by atoms with Crippen LogP contribution in [0.5, 0.6) is 11.5 Å². The van der Waals surface area contributed by atoms with Gasteiger partial charge in [-0.15, -0.1) is 0 Å². The molecule has 2 aliphatic heterocycles. The smallest absolute Gasteiger partial charge is 0.268 e. The van der Waals surface area contributed by atoms with E-state index in [4.69, 9.17) is 25.8 Å². The molecule has 206 valence electrons. The Hall–Kier alpha value is -3.07. The van der Waals surface area contributed by atoms with Gasteiger partial charge in [-0.25, -0.2) is 13.1 Å². The summed E-state index contributed by atoms with van der Waals surface area (Å²) in [5, 5.41) is 0.290. The highest BCUT2D eigenvalue weighted by molar-refractivity contribution is 7.90. The van der Waals surface area contributed by atoms with Crippen molar-refractivity contribution in [2.24, 2.45) is 5.92 Å². The second kappa shape index (κ2) is 10.5. The first kappa shape index (κ1) is 27.5. The third kappa shape index (κ3) is 5.51. The van der Waals surface area contributed by atoms with E-state index >= 15 is 0 Å². The number of amides is 1. The van der Waals surface area contributed by atoms with E-state index in [0.717, 1.165) is 24.0 Å². The van der Waals surface area contributed by atoms with Gasteiger partial charge in [0.05, 0.1) is 22.7 Å². The Morgan fingerprint density at radius 1 is 1.10 bits per heavy atom. The predicted octanol–water partition coefficient (Wildman–Crippen LogP) is 6.37. The number of hydrogen-bond acceptors (Lipinski definition) is 6. The number of rotatable bonds is 6. The molecule has 7 nitrogen and oxygen atoms in total. The van der Waals surface area contributed by atoms with E-state index in [-0.39, 0.29) is 46.0 Å². The topological polar surface area (TPSA) is 90.9 Å². The molecule has 3 aromatic rings. The molecule has 0 spiro atoms. The highest BCUT2D eigenvalue weighted by Crippen LogP contribution is 2.52. The molecule has 1 fully saturated rings. The summed E-state index contributed by atoms with van der Waals surface area (Å²) in [4.78, 5) is 13.5. The van der Waals surface area contributed by atoms with Crippen LogP contribution in [-0.4, -0.2) is 26.0 Å². The van der Waals surface area contributed by atoms with Crippen LogP contribution in [0.25, 0.3) is 0 Å². The lowest BCUT2D eigenvalue weighted by molar-refractivity contribution is -0.144. The molecule has 1 saturated heterocycles. The van der Waals surface area contributed by atoms with Crippen molar-refractivity contribution >= 4 is 27.5 Å². The summed E-state index contributed by atoms with van der Waals surface area (Å²) >= 11 is 6.14. The van der Waals surface area contributed by atoms with E-state index in [1.54, 1.807) is 25.1 Å². The Morgan fingerprint density at radius 3 is 2.59 bits per heavy atom. The fraction of sp³-hybridized carbons (Fsp3) is 0.367. The maximum atomic E-state index is 13.6. The second-order valence-electron chi connectivity index (χ2n) is 10.7. The van der Waals surface area contributed by atoms with Gasteiger partial charge < -0.3 is 14.2 Å². The summed E-state index contributed by atoms with van der Waals surface area (Å²) in [7, 11) is -4.22. The number of ether oxygens (including phenoxy) is 3. The summed E-state index contributed by atoms with van der Waals surface area (Å²) in [6, 6.07) is 17.4. The first-order valence-corrected chi connectivity index (χ1v) is 14.8. The number of carbonyl (C=O) groups is 1. The quantitative estimate of drug-likeness (QED) is 0.371. The first-order chi connectivity index (χ1) is 18.5. The molecule has 5 rings (SSSR count). The highest BCUT2D eigenvalue weighted by atomic mass is 35.5. The van der Waals surface area contributed by atoms with E-state index in [1.165, 1.54) is 12.1 Å². The van der Waals surface area contributed by atoms with Crippen molar-refractivity contribution in [1.82, 2.24) is 4.72 Å². The van der Waals surface area contributed by atoms with E-state index < -0.39 is 21.5 Å². The van der Waals surface area contributed by atoms with E-state index in [9.17, 15) is 13.2 Å². The highest BCUT2D eigenvalue weighted by Gasteiger charge is 2.47. The van der Waals surface area contributed by atoms with Crippen LogP contribution in [0.1, 0.15) is 66.8 Å². The minimum atomic E-state index is -4.22. The Bertz CT molecular complexity index is 1510. The molecule has 9 heteroatoms. The van der Waals surface area contributed by atoms with Crippen LogP contribution in [-0.2, 0) is 21.4 Å². The van der Waals surface area contributed by atoms with Gasteiger partial charge >= 0.3 is 0 Å². The van der Waals surface area contributed by atoms with Crippen molar-refractivity contribution in [2.75, 3.05) is 0 Å². The molecule has 39 heavy (non-hydrogen) atoms. The molecule has 2 aliphatic rings. The molecule has 0 aromatic heterocycles. The lowest BCUT2D eigenvalue weighted by atomic mass is 9.75. The Morgan fingerprint density at radius 2 is 1.85 bits per heavy atom. The Balaban J connectivity index is 1.55. The number of benzene rings is 3. The summed E-state index contributed by atoms with van der Waals surface area (Å²) in [5.41, 5.74) is 1.55. The summed E-state index contributed by atoms with van der Waals surface area (Å²) in [5.74, 6) is 0.0108. The molecule has 0 bridgehead atoms. The maximum absolute atomic E-state index is 13.6. The third-order valence-electron chi connectivity index (χ3n) is 7.53. The number of fused-ring (bicyclic) bond motifs is 3. The van der Waals surface area contributed by atoms with Crippen molar-refractivity contribution in [3.05, 3.63) is 87.9 Å². The molecule has 0 radical (unpaired) electrons. The second-order valence-corrected chi connectivity index (χ2v) is 12.8. The summed E-state index contributed by atoms with van der Waals surface area (Å²) in [6.45, 7) is 7.86. The molecular formula is C30H32ClNO6S. The minimum absolute atomic E-state index is 0.0473. The maximum Gasteiger partial charge on any atom is 0.268 e. The molecule has 2 heterocycles. The van der Waals surface area contributed by atoms with Crippen LogP contribution < -0.4 is 14.2 Å². The molecule has 1 N–H and O–H groups in total. The molecule has 0 saturated carbocycles. The number of halogens is 1. The standard InChI is InChI=1S/C30H32ClNO6S/c1-18-13-14-23-28(37-18)21-15-25(36-17-20-9-6-5-7-10-20)22(16-26(21)38-30(23,3)4)29(33)32-39(34,35)27-12-8-11-24(31)19(27)2/h5-12,15-16,18,23,28H,13-14,17H2,1-4H3,(H,32,33)/t18-,23-,28+/m0/s1. The fourth-order valence-corrected chi connectivity index (χ4v) is 6.83. The molecule has 3 atom stereocenters. The van der Waals surface area contributed by atoms with Crippen LogP contribution in [0.3, 0.4) is 0 Å². The SMILES string of the molecule is Cc1c(Cl)cccc1S(=O)(=O)NC(=O)c1cc2c(cc1OCc1ccccc1)[C@H]1O[C@@H](C)CC[C@@H]1C(C)(C)O2. The van der Waals surface area contributed by atoms with Crippen LogP contribution in [0.4, 0.5) is 0 Å².